The second kappa shape index (κ2) is 7.94. The fourth-order valence-electron chi connectivity index (χ4n) is 2.85. The van der Waals surface area contributed by atoms with Crippen LogP contribution in [-0.2, 0) is 22.3 Å². The molecular formula is C20H19F3N4O2. The molecule has 0 saturated heterocycles. The van der Waals surface area contributed by atoms with E-state index in [1.807, 2.05) is 19.1 Å². The van der Waals surface area contributed by atoms with E-state index in [-0.39, 0.29) is 17.6 Å². The number of halogens is 3. The molecule has 0 saturated carbocycles. The number of carbonyl (C=O) groups is 2. The molecule has 0 fully saturated rings. The van der Waals surface area contributed by atoms with Gasteiger partial charge in [0.2, 0.25) is 17.6 Å². The number of nitrogens with zero attached hydrogens (tertiary/aromatic N) is 3. The van der Waals surface area contributed by atoms with E-state index in [9.17, 15) is 22.8 Å². The first kappa shape index (κ1) is 20.4. The van der Waals surface area contributed by atoms with Crippen molar-refractivity contribution in [3.05, 3.63) is 59.9 Å². The highest BCUT2D eigenvalue weighted by Gasteiger charge is 2.38. The molecule has 0 atom stereocenters. The molecule has 0 unspecified atom stereocenters. The van der Waals surface area contributed by atoms with E-state index in [2.05, 4.69) is 10.3 Å². The van der Waals surface area contributed by atoms with Crippen LogP contribution >= 0.6 is 0 Å². The van der Waals surface area contributed by atoms with Gasteiger partial charge in [0.15, 0.2) is 0 Å². The summed E-state index contributed by atoms with van der Waals surface area (Å²) in [5.74, 6) is -2.24. The Morgan fingerprint density at radius 2 is 1.76 bits per heavy atom. The number of hydrogen-bond acceptors (Lipinski definition) is 3. The van der Waals surface area contributed by atoms with Crippen LogP contribution in [0.3, 0.4) is 0 Å². The van der Waals surface area contributed by atoms with Crippen LogP contribution in [0.15, 0.2) is 48.5 Å². The van der Waals surface area contributed by atoms with Gasteiger partial charge in [-0.25, -0.2) is 4.98 Å². The number of alkyl halides is 3. The standard InChI is InChI=1S/C20H19F3N4O2/c1-13-7-9-14(10-8-13)24-17(28)11-26(2)18(29)12-27-16-6-4-3-5-15(16)25-19(27)20(21,22)23/h3-10H,11-12H2,1-2H3,(H,24,28). The number of benzene rings is 2. The Morgan fingerprint density at radius 3 is 2.41 bits per heavy atom. The first-order chi connectivity index (χ1) is 13.6. The minimum atomic E-state index is -4.71. The average Bonchev–Trinajstić information content (AvgIpc) is 3.02. The molecule has 0 spiro atoms. The summed E-state index contributed by atoms with van der Waals surface area (Å²) in [6.07, 6.45) is -4.71. The number of para-hydroxylation sites is 2. The quantitative estimate of drug-likeness (QED) is 0.708. The summed E-state index contributed by atoms with van der Waals surface area (Å²) in [5.41, 5.74) is 1.95. The Balaban J connectivity index is 1.72. The van der Waals surface area contributed by atoms with Crippen LogP contribution in [-0.4, -0.2) is 39.9 Å². The number of aryl methyl sites for hydroxylation is 1. The van der Waals surface area contributed by atoms with Crippen molar-refractivity contribution in [3.8, 4) is 0 Å². The van der Waals surface area contributed by atoms with Gasteiger partial charge in [0.05, 0.1) is 17.6 Å². The van der Waals surface area contributed by atoms with Gasteiger partial charge in [0, 0.05) is 12.7 Å². The zero-order chi connectivity index (χ0) is 21.2. The number of imidazole rings is 1. The molecule has 29 heavy (non-hydrogen) atoms. The first-order valence-corrected chi connectivity index (χ1v) is 8.78. The Hall–Kier alpha value is -3.36. The summed E-state index contributed by atoms with van der Waals surface area (Å²) in [4.78, 5) is 29.3. The largest absolute Gasteiger partial charge is 0.449 e. The van der Waals surface area contributed by atoms with Crippen molar-refractivity contribution >= 4 is 28.5 Å². The number of aromatic nitrogens is 2. The maximum atomic E-state index is 13.3. The van der Waals surface area contributed by atoms with Crippen LogP contribution in [0.2, 0.25) is 0 Å². The number of hydrogen-bond donors (Lipinski definition) is 1. The average molecular weight is 404 g/mol. The highest BCUT2D eigenvalue weighted by Crippen LogP contribution is 2.31. The third kappa shape index (κ3) is 4.74. The lowest BCUT2D eigenvalue weighted by molar-refractivity contribution is -0.148. The van der Waals surface area contributed by atoms with Crippen molar-refractivity contribution in [3.63, 3.8) is 0 Å². The molecule has 2 amide bonds. The van der Waals surface area contributed by atoms with E-state index < -0.39 is 30.4 Å². The maximum Gasteiger partial charge on any atom is 0.449 e. The molecule has 0 bridgehead atoms. The lowest BCUT2D eigenvalue weighted by Crippen LogP contribution is -2.37. The van der Waals surface area contributed by atoms with Crippen LogP contribution in [0.25, 0.3) is 11.0 Å². The molecule has 1 heterocycles. The highest BCUT2D eigenvalue weighted by molar-refractivity contribution is 5.94. The van der Waals surface area contributed by atoms with Crippen molar-refractivity contribution in [1.82, 2.24) is 14.5 Å². The lowest BCUT2D eigenvalue weighted by Gasteiger charge is -2.18. The van der Waals surface area contributed by atoms with Crippen LogP contribution in [0.1, 0.15) is 11.4 Å². The third-order valence-electron chi connectivity index (χ3n) is 4.34. The van der Waals surface area contributed by atoms with E-state index in [4.69, 9.17) is 0 Å². The predicted molar refractivity (Wildman–Crippen MR) is 102 cm³/mol. The van der Waals surface area contributed by atoms with E-state index in [1.54, 1.807) is 24.3 Å². The van der Waals surface area contributed by atoms with Crippen LogP contribution in [0.5, 0.6) is 0 Å². The molecule has 3 rings (SSSR count). The number of likely N-dealkylation sites (N-methyl/N-ethyl adjacent to an activating group) is 1. The summed E-state index contributed by atoms with van der Waals surface area (Å²) in [6.45, 7) is 1.04. The molecule has 0 aliphatic rings. The zero-order valence-corrected chi connectivity index (χ0v) is 15.8. The SMILES string of the molecule is Cc1ccc(NC(=O)CN(C)C(=O)Cn2c(C(F)(F)F)nc3ccccc32)cc1. The van der Waals surface area contributed by atoms with Gasteiger partial charge >= 0.3 is 6.18 Å². The van der Waals surface area contributed by atoms with Gasteiger partial charge in [-0.3, -0.25) is 9.59 Å². The van der Waals surface area contributed by atoms with E-state index >= 15 is 0 Å². The summed E-state index contributed by atoms with van der Waals surface area (Å²) in [5, 5.41) is 2.65. The third-order valence-corrected chi connectivity index (χ3v) is 4.34. The van der Waals surface area contributed by atoms with Crippen LogP contribution in [0, 0.1) is 6.92 Å². The minimum absolute atomic E-state index is 0.146. The fraction of sp³-hybridized carbons (Fsp3) is 0.250. The Morgan fingerprint density at radius 1 is 1.10 bits per heavy atom. The first-order valence-electron chi connectivity index (χ1n) is 8.78. The van der Waals surface area contributed by atoms with Gasteiger partial charge < -0.3 is 14.8 Å². The van der Waals surface area contributed by atoms with Crippen molar-refractivity contribution < 1.29 is 22.8 Å². The lowest BCUT2D eigenvalue weighted by atomic mass is 10.2. The summed E-state index contributed by atoms with van der Waals surface area (Å²) >= 11 is 0. The van der Waals surface area contributed by atoms with Crippen LogP contribution < -0.4 is 5.32 Å². The maximum absolute atomic E-state index is 13.3. The molecule has 1 aromatic heterocycles. The van der Waals surface area contributed by atoms with E-state index in [0.717, 1.165) is 15.0 Å². The van der Waals surface area contributed by atoms with Crippen molar-refractivity contribution in [2.45, 2.75) is 19.6 Å². The van der Waals surface area contributed by atoms with Gasteiger partial charge in [0.1, 0.15) is 6.54 Å². The molecular weight excluding hydrogens is 385 g/mol. The van der Waals surface area contributed by atoms with Crippen molar-refractivity contribution in [1.29, 1.82) is 0 Å². The monoisotopic (exact) mass is 404 g/mol. The molecule has 1 N–H and O–H groups in total. The molecule has 2 aromatic carbocycles. The van der Waals surface area contributed by atoms with Crippen molar-refractivity contribution in [2.75, 3.05) is 18.9 Å². The predicted octanol–water partition coefficient (Wildman–Crippen LogP) is 3.46. The minimum Gasteiger partial charge on any atom is -0.335 e. The van der Waals surface area contributed by atoms with Crippen LogP contribution in [0.4, 0.5) is 18.9 Å². The number of carbonyl (C=O) groups excluding carboxylic acids is 2. The summed E-state index contributed by atoms with van der Waals surface area (Å²) in [6, 6.07) is 13.2. The zero-order valence-electron chi connectivity index (χ0n) is 15.8. The second-order valence-corrected chi connectivity index (χ2v) is 6.67. The highest BCUT2D eigenvalue weighted by atomic mass is 19.4. The number of fused-ring (bicyclic) bond motifs is 1. The van der Waals surface area contributed by atoms with Gasteiger partial charge in [-0.2, -0.15) is 13.2 Å². The Bertz CT molecular complexity index is 1040. The Labute approximate surface area is 164 Å². The molecule has 0 aliphatic carbocycles. The number of amides is 2. The van der Waals surface area contributed by atoms with Gasteiger partial charge in [0.25, 0.3) is 0 Å². The topological polar surface area (TPSA) is 67.2 Å². The van der Waals surface area contributed by atoms with E-state index in [0.29, 0.717) is 5.69 Å². The normalized spacial score (nSPS) is 11.5. The number of nitrogens with one attached hydrogen (secondary N) is 1. The smallest absolute Gasteiger partial charge is 0.335 e. The fourth-order valence-corrected chi connectivity index (χ4v) is 2.85. The van der Waals surface area contributed by atoms with E-state index in [1.165, 1.54) is 19.2 Å². The number of anilines is 1. The van der Waals surface area contributed by atoms with Gasteiger partial charge in [-0.1, -0.05) is 29.8 Å². The second-order valence-electron chi connectivity index (χ2n) is 6.67. The molecule has 6 nitrogen and oxygen atoms in total. The molecule has 152 valence electrons. The molecule has 0 radical (unpaired) electrons. The number of rotatable bonds is 5. The molecule has 3 aromatic rings. The molecule has 9 heteroatoms. The Kier molecular flexibility index (Phi) is 5.58. The summed E-state index contributed by atoms with van der Waals surface area (Å²) < 4.78 is 40.9. The summed E-state index contributed by atoms with van der Waals surface area (Å²) in [7, 11) is 1.36. The van der Waals surface area contributed by atoms with Gasteiger partial charge in [-0.15, -0.1) is 0 Å². The van der Waals surface area contributed by atoms with Gasteiger partial charge in [-0.05, 0) is 31.2 Å². The molecule has 0 aliphatic heterocycles. The van der Waals surface area contributed by atoms with Crippen molar-refractivity contribution in [2.24, 2.45) is 0 Å².